The van der Waals surface area contributed by atoms with E-state index in [1.165, 1.54) is 38.5 Å². The molecule has 3 fully saturated rings. The van der Waals surface area contributed by atoms with Gasteiger partial charge < -0.3 is 25.2 Å². The molecule has 0 saturated carbocycles. The van der Waals surface area contributed by atoms with Crippen LogP contribution < -0.4 is 20.4 Å². The van der Waals surface area contributed by atoms with Crippen molar-refractivity contribution in [3.05, 3.63) is 6.07 Å². The Balaban J connectivity index is 1.49. The zero-order valence-corrected chi connectivity index (χ0v) is 18.3. The first kappa shape index (κ1) is 20.6. The summed E-state index contributed by atoms with van der Waals surface area (Å²) in [4.78, 5) is 14.5. The number of thiocarbonyl (C=S) groups is 1. The number of piperidine rings is 2. The van der Waals surface area contributed by atoms with Gasteiger partial charge in [0.05, 0.1) is 6.10 Å². The molecule has 160 valence electrons. The molecule has 0 spiro atoms. The summed E-state index contributed by atoms with van der Waals surface area (Å²) in [5.74, 6) is 2.61. The van der Waals surface area contributed by atoms with Crippen molar-refractivity contribution in [1.29, 1.82) is 0 Å². The van der Waals surface area contributed by atoms with Gasteiger partial charge in [0, 0.05) is 44.9 Å². The fourth-order valence-electron chi connectivity index (χ4n) is 4.51. The average molecular weight is 419 g/mol. The summed E-state index contributed by atoms with van der Waals surface area (Å²) in [5.41, 5.74) is 0. The van der Waals surface area contributed by atoms with E-state index < -0.39 is 0 Å². The van der Waals surface area contributed by atoms with Crippen molar-refractivity contribution in [1.82, 2.24) is 15.3 Å². The van der Waals surface area contributed by atoms with Crippen LogP contribution in [0.2, 0.25) is 0 Å². The van der Waals surface area contributed by atoms with Gasteiger partial charge >= 0.3 is 0 Å². The summed E-state index contributed by atoms with van der Waals surface area (Å²) in [6.07, 6.45) is 9.96. The Morgan fingerprint density at radius 3 is 2.62 bits per heavy atom. The molecular formula is C21H34N6OS. The minimum absolute atomic E-state index is 0.250. The summed E-state index contributed by atoms with van der Waals surface area (Å²) >= 11 is 5.51. The summed E-state index contributed by atoms with van der Waals surface area (Å²) in [5, 5.41) is 7.06. The van der Waals surface area contributed by atoms with Crippen molar-refractivity contribution >= 4 is 34.9 Å². The van der Waals surface area contributed by atoms with Gasteiger partial charge in [0.25, 0.3) is 0 Å². The number of hydrogen-bond acceptors (Lipinski definition) is 6. The first-order chi connectivity index (χ1) is 14.2. The average Bonchev–Trinajstić information content (AvgIpc) is 3.27. The van der Waals surface area contributed by atoms with Gasteiger partial charge in [-0.3, -0.25) is 0 Å². The van der Waals surface area contributed by atoms with E-state index in [0.29, 0.717) is 17.1 Å². The van der Waals surface area contributed by atoms with Crippen LogP contribution in [0.15, 0.2) is 6.07 Å². The van der Waals surface area contributed by atoms with E-state index in [0.717, 1.165) is 57.3 Å². The minimum atomic E-state index is 0.250. The first-order valence-corrected chi connectivity index (χ1v) is 11.7. The molecule has 3 saturated heterocycles. The van der Waals surface area contributed by atoms with Crippen LogP contribution in [0.4, 0.5) is 17.6 Å². The normalized spacial score (nSPS) is 25.1. The smallest absolute Gasteiger partial charge is 0.232 e. The monoisotopic (exact) mass is 418 g/mol. The number of rotatable bonds is 5. The molecule has 0 amide bonds. The van der Waals surface area contributed by atoms with Gasteiger partial charge in [-0.1, -0.05) is 0 Å². The highest BCUT2D eigenvalue weighted by Gasteiger charge is 2.23. The quantitative estimate of drug-likeness (QED) is 0.706. The van der Waals surface area contributed by atoms with Crippen LogP contribution in [0.5, 0.6) is 0 Å². The lowest BCUT2D eigenvalue weighted by Gasteiger charge is -2.35. The highest BCUT2D eigenvalue weighted by atomic mass is 32.1. The van der Waals surface area contributed by atoms with Gasteiger partial charge in [-0.25, -0.2) is 0 Å². The van der Waals surface area contributed by atoms with Gasteiger partial charge in [0.15, 0.2) is 5.11 Å². The van der Waals surface area contributed by atoms with Crippen molar-refractivity contribution in [2.75, 3.05) is 47.9 Å². The fourth-order valence-corrected chi connectivity index (χ4v) is 4.68. The zero-order chi connectivity index (χ0) is 20.1. The van der Waals surface area contributed by atoms with E-state index in [2.05, 4.69) is 33.4 Å². The molecule has 29 heavy (non-hydrogen) atoms. The van der Waals surface area contributed by atoms with Crippen LogP contribution in [-0.4, -0.2) is 60.0 Å². The van der Waals surface area contributed by atoms with Crippen molar-refractivity contribution in [2.24, 2.45) is 0 Å². The molecule has 4 heterocycles. The first-order valence-electron chi connectivity index (χ1n) is 11.3. The number of anilines is 3. The largest absolute Gasteiger partial charge is 0.376 e. The molecule has 3 aliphatic rings. The van der Waals surface area contributed by atoms with Gasteiger partial charge in [0.1, 0.15) is 11.6 Å². The molecule has 1 aromatic heterocycles. The third kappa shape index (κ3) is 5.48. The van der Waals surface area contributed by atoms with Crippen molar-refractivity contribution in [3.8, 4) is 0 Å². The highest BCUT2D eigenvalue weighted by molar-refractivity contribution is 7.80. The second-order valence-corrected chi connectivity index (χ2v) is 8.87. The van der Waals surface area contributed by atoms with Crippen LogP contribution in [0.1, 0.15) is 58.3 Å². The molecule has 3 aliphatic heterocycles. The number of nitrogens with one attached hydrogen (secondary N) is 2. The molecule has 2 N–H and O–H groups in total. The van der Waals surface area contributed by atoms with Gasteiger partial charge in [-0.15, -0.1) is 0 Å². The van der Waals surface area contributed by atoms with E-state index >= 15 is 0 Å². The molecule has 4 rings (SSSR count). The Hall–Kier alpha value is -1.67. The SMILES string of the molecule is CC1CCCCN1c1cc(N2CCCCC2)nc(NC(=S)NCC2CCCO2)n1. The second kappa shape index (κ2) is 9.89. The Morgan fingerprint density at radius 2 is 1.86 bits per heavy atom. The Morgan fingerprint density at radius 1 is 1.07 bits per heavy atom. The molecule has 0 bridgehead atoms. The van der Waals surface area contributed by atoms with Crippen LogP contribution in [0, 0.1) is 0 Å². The van der Waals surface area contributed by atoms with Crippen LogP contribution in [-0.2, 0) is 4.74 Å². The molecule has 1 aromatic rings. The third-order valence-electron chi connectivity index (χ3n) is 6.22. The maximum atomic E-state index is 5.67. The topological polar surface area (TPSA) is 65.5 Å². The van der Waals surface area contributed by atoms with Crippen molar-refractivity contribution < 1.29 is 4.74 Å². The fraction of sp³-hybridized carbons (Fsp3) is 0.762. The number of nitrogens with zero attached hydrogens (tertiary/aromatic N) is 4. The van der Waals surface area contributed by atoms with E-state index in [4.69, 9.17) is 26.9 Å². The zero-order valence-electron chi connectivity index (χ0n) is 17.5. The Labute approximate surface area is 179 Å². The van der Waals surface area contributed by atoms with E-state index in [1.54, 1.807) is 0 Å². The van der Waals surface area contributed by atoms with E-state index in [1.807, 2.05) is 0 Å². The predicted molar refractivity (Wildman–Crippen MR) is 122 cm³/mol. The van der Waals surface area contributed by atoms with Crippen molar-refractivity contribution in [3.63, 3.8) is 0 Å². The highest BCUT2D eigenvalue weighted by Crippen LogP contribution is 2.28. The molecule has 0 radical (unpaired) electrons. The Bertz CT molecular complexity index is 690. The van der Waals surface area contributed by atoms with Crippen molar-refractivity contribution in [2.45, 2.75) is 70.4 Å². The lowest BCUT2D eigenvalue weighted by atomic mass is 10.0. The van der Waals surface area contributed by atoms with Crippen LogP contribution in [0.3, 0.4) is 0 Å². The number of ether oxygens (including phenoxy) is 1. The van der Waals surface area contributed by atoms with E-state index in [-0.39, 0.29) is 6.10 Å². The van der Waals surface area contributed by atoms with Gasteiger partial charge in [-0.05, 0) is 70.5 Å². The van der Waals surface area contributed by atoms with Gasteiger partial charge in [-0.2, -0.15) is 9.97 Å². The molecule has 2 unspecified atom stereocenters. The molecule has 0 aromatic carbocycles. The molecule has 7 nitrogen and oxygen atoms in total. The molecule has 8 heteroatoms. The lowest BCUT2D eigenvalue weighted by molar-refractivity contribution is 0.114. The lowest BCUT2D eigenvalue weighted by Crippen LogP contribution is -2.39. The predicted octanol–water partition coefficient (Wildman–Crippen LogP) is 3.31. The summed E-state index contributed by atoms with van der Waals surface area (Å²) in [7, 11) is 0. The molecule has 0 aliphatic carbocycles. The van der Waals surface area contributed by atoms with Gasteiger partial charge in [0.2, 0.25) is 5.95 Å². The molecule has 2 atom stereocenters. The summed E-state index contributed by atoms with van der Waals surface area (Å²) in [6.45, 7) is 7.06. The van der Waals surface area contributed by atoms with E-state index in [9.17, 15) is 0 Å². The van der Waals surface area contributed by atoms with Crippen LogP contribution >= 0.6 is 12.2 Å². The standard InChI is InChI=1S/C21H34N6OS/c1-16-8-3-6-12-27(16)19-14-18(26-10-4-2-5-11-26)23-20(24-19)25-21(29)22-15-17-9-7-13-28-17/h14,16-17H,2-13,15H2,1H3,(H2,22,23,24,25,29). The number of hydrogen-bond donors (Lipinski definition) is 2. The maximum absolute atomic E-state index is 5.67. The summed E-state index contributed by atoms with van der Waals surface area (Å²) in [6, 6.07) is 2.67. The number of aromatic nitrogens is 2. The van der Waals surface area contributed by atoms with Crippen LogP contribution in [0.25, 0.3) is 0 Å². The molecular weight excluding hydrogens is 384 g/mol. The third-order valence-corrected chi connectivity index (χ3v) is 6.46. The summed E-state index contributed by atoms with van der Waals surface area (Å²) < 4.78 is 5.67. The second-order valence-electron chi connectivity index (χ2n) is 8.46. The maximum Gasteiger partial charge on any atom is 0.232 e. The Kier molecular flexibility index (Phi) is 7.02. The minimum Gasteiger partial charge on any atom is -0.376 e.